The fourth-order valence-electron chi connectivity index (χ4n) is 3.03. The number of ether oxygens (including phenoxy) is 1. The quantitative estimate of drug-likeness (QED) is 0.849. The molecule has 0 radical (unpaired) electrons. The number of carboxylic acid groups (broad SMARTS) is 1. The lowest BCUT2D eigenvalue weighted by atomic mass is 9.93. The number of halogens is 1. The summed E-state index contributed by atoms with van der Waals surface area (Å²) in [6.07, 6.45) is 2.07. The van der Waals surface area contributed by atoms with Crippen molar-refractivity contribution < 1.29 is 19.4 Å². The second-order valence-corrected chi connectivity index (χ2v) is 6.80. The van der Waals surface area contributed by atoms with E-state index < -0.39 is 12.1 Å². The van der Waals surface area contributed by atoms with Gasteiger partial charge in [0.25, 0.3) is 5.91 Å². The van der Waals surface area contributed by atoms with Crippen molar-refractivity contribution in [3.05, 3.63) is 28.8 Å². The van der Waals surface area contributed by atoms with Gasteiger partial charge in [0.05, 0.1) is 0 Å². The molecule has 0 saturated carbocycles. The third-order valence-electron chi connectivity index (χ3n) is 4.39. The van der Waals surface area contributed by atoms with Gasteiger partial charge in [-0.15, -0.1) is 0 Å². The fraction of sp³-hybridized carbons (Fsp3) is 0.556. The molecule has 1 aliphatic heterocycles. The average molecular weight is 354 g/mol. The number of hydrogen-bond donors (Lipinski definition) is 1. The van der Waals surface area contributed by atoms with Crippen LogP contribution in [-0.4, -0.2) is 41.1 Å². The fourth-order valence-corrected chi connectivity index (χ4v) is 3.15. The lowest BCUT2D eigenvalue weighted by Gasteiger charge is -2.34. The van der Waals surface area contributed by atoms with Gasteiger partial charge in [-0.25, -0.2) is 0 Å². The molecule has 1 amide bonds. The largest absolute Gasteiger partial charge is 0.481 e. The first-order chi connectivity index (χ1) is 11.4. The van der Waals surface area contributed by atoms with E-state index in [2.05, 4.69) is 0 Å². The van der Waals surface area contributed by atoms with E-state index in [0.29, 0.717) is 30.3 Å². The van der Waals surface area contributed by atoms with Crippen LogP contribution < -0.4 is 4.74 Å². The summed E-state index contributed by atoms with van der Waals surface area (Å²) in [5.74, 6) is 0.0388. The Kier molecular flexibility index (Phi) is 6.49. The number of piperidine rings is 1. The highest BCUT2D eigenvalue weighted by molar-refractivity contribution is 6.31. The summed E-state index contributed by atoms with van der Waals surface area (Å²) >= 11 is 6.00. The van der Waals surface area contributed by atoms with Crippen molar-refractivity contribution in [2.75, 3.05) is 13.1 Å². The third kappa shape index (κ3) is 5.13. The summed E-state index contributed by atoms with van der Waals surface area (Å²) in [7, 11) is 0. The molecule has 1 aliphatic rings. The maximum Gasteiger partial charge on any atom is 0.303 e. The van der Waals surface area contributed by atoms with Gasteiger partial charge in [-0.3, -0.25) is 9.59 Å². The molecule has 1 fully saturated rings. The monoisotopic (exact) mass is 353 g/mol. The second kappa shape index (κ2) is 8.38. The molecular formula is C18H24ClNO4. The van der Waals surface area contributed by atoms with Crippen molar-refractivity contribution in [3.8, 4) is 5.75 Å². The zero-order chi connectivity index (χ0) is 17.7. The molecule has 1 aromatic rings. The molecule has 24 heavy (non-hydrogen) atoms. The Bertz CT molecular complexity index is 605. The molecule has 1 N–H and O–H groups in total. The second-order valence-electron chi connectivity index (χ2n) is 6.40. The molecule has 1 aromatic carbocycles. The minimum absolute atomic E-state index is 0.0531. The smallest absolute Gasteiger partial charge is 0.303 e. The number of aryl methyl sites for hydroxylation is 1. The number of carboxylic acids is 1. The molecule has 5 nitrogen and oxygen atoms in total. The van der Waals surface area contributed by atoms with Gasteiger partial charge in [-0.2, -0.15) is 0 Å². The number of likely N-dealkylation sites (tertiary alicyclic amines) is 1. The van der Waals surface area contributed by atoms with E-state index in [1.807, 2.05) is 13.0 Å². The molecule has 2 rings (SSSR count). The lowest BCUT2D eigenvalue weighted by Crippen LogP contribution is -2.45. The van der Waals surface area contributed by atoms with E-state index in [4.69, 9.17) is 21.4 Å². The number of carbonyl (C=O) groups excluding carboxylic acids is 1. The van der Waals surface area contributed by atoms with Crippen LogP contribution in [0.25, 0.3) is 0 Å². The van der Waals surface area contributed by atoms with Crippen LogP contribution in [0.15, 0.2) is 18.2 Å². The predicted octanol–water partition coefficient (Wildman–Crippen LogP) is 3.52. The highest BCUT2D eigenvalue weighted by Crippen LogP contribution is 2.24. The SMILES string of the molecule is Cc1cc(OC(C)C(=O)N2CCCC(CCC(=O)O)C2)ccc1Cl. The van der Waals surface area contributed by atoms with Crippen LogP contribution in [0.4, 0.5) is 0 Å². The van der Waals surface area contributed by atoms with Crippen LogP contribution in [0.1, 0.15) is 38.2 Å². The van der Waals surface area contributed by atoms with Gasteiger partial charge in [0.15, 0.2) is 6.10 Å². The highest BCUT2D eigenvalue weighted by Gasteiger charge is 2.28. The molecule has 2 atom stereocenters. The molecule has 132 valence electrons. The molecule has 0 aromatic heterocycles. The van der Waals surface area contributed by atoms with E-state index in [9.17, 15) is 9.59 Å². The highest BCUT2D eigenvalue weighted by atomic mass is 35.5. The lowest BCUT2D eigenvalue weighted by molar-refractivity contribution is -0.140. The van der Waals surface area contributed by atoms with Crippen molar-refractivity contribution in [2.24, 2.45) is 5.92 Å². The summed E-state index contributed by atoms with van der Waals surface area (Å²) < 4.78 is 5.75. The van der Waals surface area contributed by atoms with Gasteiger partial charge in [0.2, 0.25) is 0 Å². The maximum absolute atomic E-state index is 12.6. The van der Waals surface area contributed by atoms with E-state index in [1.54, 1.807) is 24.0 Å². The predicted molar refractivity (Wildman–Crippen MR) is 92.5 cm³/mol. The number of carbonyl (C=O) groups is 2. The number of benzene rings is 1. The van der Waals surface area contributed by atoms with Gasteiger partial charge >= 0.3 is 5.97 Å². The summed E-state index contributed by atoms with van der Waals surface area (Å²) in [6, 6.07) is 5.33. The van der Waals surface area contributed by atoms with E-state index in [0.717, 1.165) is 18.4 Å². The molecule has 1 saturated heterocycles. The Balaban J connectivity index is 1.91. The zero-order valence-corrected chi connectivity index (χ0v) is 14.9. The number of hydrogen-bond acceptors (Lipinski definition) is 3. The van der Waals surface area contributed by atoms with E-state index in [-0.39, 0.29) is 18.2 Å². The normalized spacial score (nSPS) is 19.0. The third-order valence-corrected chi connectivity index (χ3v) is 4.81. The van der Waals surface area contributed by atoms with Crippen LogP contribution >= 0.6 is 11.6 Å². The Labute approximate surface area is 147 Å². The first-order valence-corrected chi connectivity index (χ1v) is 8.68. The average Bonchev–Trinajstić information content (AvgIpc) is 2.56. The van der Waals surface area contributed by atoms with Crippen LogP contribution in [-0.2, 0) is 9.59 Å². The number of aliphatic carboxylic acids is 1. The summed E-state index contributed by atoms with van der Waals surface area (Å²) in [6.45, 7) is 4.95. The standard InChI is InChI=1S/C18H24ClNO4/c1-12-10-15(6-7-16(12)19)24-13(2)18(23)20-9-3-4-14(11-20)5-8-17(21)22/h6-7,10,13-14H,3-5,8-9,11H2,1-2H3,(H,21,22). The van der Waals surface area contributed by atoms with E-state index in [1.165, 1.54) is 0 Å². The van der Waals surface area contributed by atoms with Crippen LogP contribution in [0.2, 0.25) is 5.02 Å². The van der Waals surface area contributed by atoms with Crippen molar-refractivity contribution in [1.82, 2.24) is 4.90 Å². The van der Waals surface area contributed by atoms with Gasteiger partial charge in [0.1, 0.15) is 5.75 Å². The first-order valence-electron chi connectivity index (χ1n) is 8.30. The summed E-state index contributed by atoms with van der Waals surface area (Å²) in [4.78, 5) is 25.1. The molecule has 6 heteroatoms. The minimum Gasteiger partial charge on any atom is -0.481 e. The number of amides is 1. The molecule has 0 aliphatic carbocycles. The van der Waals surface area contributed by atoms with Crippen molar-refractivity contribution in [1.29, 1.82) is 0 Å². The Morgan fingerprint density at radius 3 is 2.88 bits per heavy atom. The molecule has 0 spiro atoms. The Morgan fingerprint density at radius 1 is 1.46 bits per heavy atom. The van der Waals surface area contributed by atoms with Crippen molar-refractivity contribution in [3.63, 3.8) is 0 Å². The number of nitrogens with zero attached hydrogens (tertiary/aromatic N) is 1. The molecule has 1 heterocycles. The maximum atomic E-state index is 12.6. The summed E-state index contributed by atoms with van der Waals surface area (Å²) in [5, 5.41) is 9.47. The summed E-state index contributed by atoms with van der Waals surface area (Å²) in [5.41, 5.74) is 0.903. The minimum atomic E-state index is -0.784. The Morgan fingerprint density at radius 2 is 2.21 bits per heavy atom. The van der Waals surface area contributed by atoms with Gasteiger partial charge < -0.3 is 14.7 Å². The van der Waals surface area contributed by atoms with Crippen molar-refractivity contribution in [2.45, 2.75) is 45.6 Å². The van der Waals surface area contributed by atoms with Gasteiger partial charge in [-0.1, -0.05) is 11.6 Å². The van der Waals surface area contributed by atoms with Crippen LogP contribution in [0.3, 0.4) is 0 Å². The topological polar surface area (TPSA) is 66.8 Å². The van der Waals surface area contributed by atoms with E-state index >= 15 is 0 Å². The van der Waals surface area contributed by atoms with Crippen molar-refractivity contribution >= 4 is 23.5 Å². The van der Waals surface area contributed by atoms with Crippen LogP contribution in [0.5, 0.6) is 5.75 Å². The molecule has 0 bridgehead atoms. The zero-order valence-electron chi connectivity index (χ0n) is 14.1. The number of rotatable bonds is 6. The Hall–Kier alpha value is -1.75. The first kappa shape index (κ1) is 18.6. The van der Waals surface area contributed by atoms with Crippen LogP contribution in [0, 0.1) is 12.8 Å². The molecule has 2 unspecified atom stereocenters. The van der Waals surface area contributed by atoms with Gasteiger partial charge in [0, 0.05) is 24.5 Å². The molecular weight excluding hydrogens is 330 g/mol. The van der Waals surface area contributed by atoms with Gasteiger partial charge in [-0.05, 0) is 62.8 Å².